The summed E-state index contributed by atoms with van der Waals surface area (Å²) >= 11 is 0. The Kier molecular flexibility index (Phi) is 4.89. The van der Waals surface area contributed by atoms with E-state index in [4.69, 9.17) is 5.14 Å². The van der Waals surface area contributed by atoms with Crippen molar-refractivity contribution in [1.29, 1.82) is 0 Å². The average molecular weight is 365 g/mol. The van der Waals surface area contributed by atoms with E-state index in [2.05, 4.69) is 11.8 Å². The number of nitrogens with two attached hydrogens (primary N) is 1. The van der Waals surface area contributed by atoms with Gasteiger partial charge in [0.05, 0.1) is 11.3 Å². The summed E-state index contributed by atoms with van der Waals surface area (Å²) in [4.78, 5) is 12.4. The summed E-state index contributed by atoms with van der Waals surface area (Å²) in [7, 11) is -4.17. The molecule has 6 nitrogen and oxygen atoms in total. The van der Waals surface area contributed by atoms with E-state index in [0.717, 1.165) is 5.56 Å². The summed E-state index contributed by atoms with van der Waals surface area (Å²) in [6.07, 6.45) is 3.49. The van der Waals surface area contributed by atoms with E-state index in [1.807, 2.05) is 30.3 Å². The highest BCUT2D eigenvalue weighted by molar-refractivity contribution is 7.87. The first-order chi connectivity index (χ1) is 12.4. The van der Waals surface area contributed by atoms with Crippen molar-refractivity contribution in [3.8, 4) is 17.5 Å². The smallest absolute Gasteiger partial charge is 0.298 e. The van der Waals surface area contributed by atoms with Crippen LogP contribution in [0.3, 0.4) is 0 Å². The fraction of sp³-hybridized carbons (Fsp3) is 0. The Morgan fingerprint density at radius 3 is 2.27 bits per heavy atom. The molecule has 130 valence electrons. The van der Waals surface area contributed by atoms with Crippen molar-refractivity contribution in [2.75, 3.05) is 0 Å². The van der Waals surface area contributed by atoms with Gasteiger partial charge in [-0.1, -0.05) is 36.1 Å². The van der Waals surface area contributed by atoms with Gasteiger partial charge in [0.2, 0.25) is 0 Å². The van der Waals surface area contributed by atoms with Crippen LogP contribution in [0.2, 0.25) is 0 Å². The van der Waals surface area contributed by atoms with Crippen molar-refractivity contribution in [2.45, 2.75) is 0 Å². The monoisotopic (exact) mass is 365 g/mol. The fourth-order valence-corrected chi connectivity index (χ4v) is 2.80. The van der Waals surface area contributed by atoms with Crippen LogP contribution in [0.15, 0.2) is 73.1 Å². The molecule has 3 aromatic rings. The summed E-state index contributed by atoms with van der Waals surface area (Å²) in [6, 6.07) is 17.9. The van der Waals surface area contributed by atoms with E-state index in [1.165, 1.54) is 6.07 Å². The maximum Gasteiger partial charge on any atom is 0.298 e. The molecular formula is C19H15N3O3S. The van der Waals surface area contributed by atoms with Crippen LogP contribution in [0, 0.1) is 11.8 Å². The molecule has 0 atom stereocenters. The molecule has 26 heavy (non-hydrogen) atoms. The molecule has 1 heterocycles. The Morgan fingerprint density at radius 2 is 1.62 bits per heavy atom. The molecular weight excluding hydrogens is 350 g/mol. The van der Waals surface area contributed by atoms with E-state index < -0.39 is 16.1 Å². The van der Waals surface area contributed by atoms with Gasteiger partial charge in [-0.3, -0.25) is 4.79 Å². The van der Waals surface area contributed by atoms with Crippen molar-refractivity contribution >= 4 is 16.1 Å². The third-order valence-electron chi connectivity index (χ3n) is 3.49. The maximum absolute atomic E-state index is 12.4. The molecule has 0 aliphatic heterocycles. The molecule has 0 radical (unpaired) electrons. The lowest BCUT2D eigenvalue weighted by Crippen LogP contribution is -2.36. The molecule has 0 saturated carbocycles. The van der Waals surface area contributed by atoms with Crippen LogP contribution < -0.4 is 9.86 Å². The zero-order valence-corrected chi connectivity index (χ0v) is 14.4. The first kappa shape index (κ1) is 17.5. The van der Waals surface area contributed by atoms with E-state index in [-0.39, 0.29) is 5.56 Å². The average Bonchev–Trinajstić information content (AvgIpc) is 3.13. The zero-order valence-electron chi connectivity index (χ0n) is 13.6. The van der Waals surface area contributed by atoms with Gasteiger partial charge in [-0.2, -0.15) is 8.42 Å². The van der Waals surface area contributed by atoms with Gasteiger partial charge in [0.15, 0.2) is 0 Å². The Bertz CT molecular complexity index is 1090. The number of nitrogens with zero attached hydrogens (tertiary/aromatic N) is 1. The molecule has 1 aromatic heterocycles. The second-order valence-electron chi connectivity index (χ2n) is 5.38. The maximum atomic E-state index is 12.4. The molecule has 0 fully saturated rings. The van der Waals surface area contributed by atoms with Crippen LogP contribution >= 0.6 is 0 Å². The minimum absolute atomic E-state index is 0.148. The van der Waals surface area contributed by atoms with Crippen LogP contribution in [-0.4, -0.2) is 18.9 Å². The summed E-state index contributed by atoms with van der Waals surface area (Å²) in [6.45, 7) is 0. The number of carbonyl (C=O) groups is 1. The number of carbonyl (C=O) groups excluding carboxylic acids is 1. The Hall–Kier alpha value is -3.34. The molecule has 1 amide bonds. The highest BCUT2D eigenvalue weighted by Crippen LogP contribution is 2.20. The van der Waals surface area contributed by atoms with E-state index in [1.54, 1.807) is 45.9 Å². The number of aromatic nitrogens is 1. The first-order valence-electron chi connectivity index (χ1n) is 7.62. The molecule has 3 N–H and O–H groups in total. The Morgan fingerprint density at radius 1 is 0.923 bits per heavy atom. The standard InChI is InChI=1S/C19H15N3O3S/c20-26(24,25)21-19(23)17-10-6-9-16(18(17)22-13-4-5-14-22)12-11-15-7-2-1-3-8-15/h1-10,13-14H,(H,21,23)(H2,20,24,25). The number of amides is 1. The Balaban J connectivity index is 2.12. The number of rotatable bonds is 3. The highest BCUT2D eigenvalue weighted by Gasteiger charge is 2.18. The largest absolute Gasteiger partial charge is 0.322 e. The molecule has 2 aromatic carbocycles. The quantitative estimate of drug-likeness (QED) is 0.693. The summed E-state index contributed by atoms with van der Waals surface area (Å²) in [5.74, 6) is 5.26. The normalized spacial score (nSPS) is 10.7. The minimum Gasteiger partial charge on any atom is -0.322 e. The molecule has 3 rings (SSSR count). The van der Waals surface area contributed by atoms with Gasteiger partial charge in [0, 0.05) is 23.5 Å². The summed E-state index contributed by atoms with van der Waals surface area (Å²) in [5, 5.41) is 4.92. The fourth-order valence-electron chi connectivity index (χ4n) is 2.43. The van der Waals surface area contributed by atoms with Crippen LogP contribution in [0.1, 0.15) is 21.5 Å². The lowest BCUT2D eigenvalue weighted by molar-refractivity contribution is 0.0981. The molecule has 0 spiro atoms. The highest BCUT2D eigenvalue weighted by atomic mass is 32.2. The lowest BCUT2D eigenvalue weighted by atomic mass is 10.1. The molecule has 0 bridgehead atoms. The molecule has 7 heteroatoms. The number of hydrogen-bond acceptors (Lipinski definition) is 3. The van der Waals surface area contributed by atoms with Crippen molar-refractivity contribution in [3.63, 3.8) is 0 Å². The van der Waals surface area contributed by atoms with Crippen molar-refractivity contribution in [2.24, 2.45) is 5.14 Å². The number of nitrogens with one attached hydrogen (secondary N) is 1. The number of benzene rings is 2. The predicted octanol–water partition coefficient (Wildman–Crippen LogP) is 1.81. The second kappa shape index (κ2) is 7.27. The lowest BCUT2D eigenvalue weighted by Gasteiger charge is -2.12. The predicted molar refractivity (Wildman–Crippen MR) is 98.8 cm³/mol. The Labute approximate surface area is 151 Å². The molecule has 0 unspecified atom stereocenters. The van der Waals surface area contributed by atoms with Gasteiger partial charge in [0.25, 0.3) is 16.1 Å². The molecule has 0 saturated heterocycles. The van der Waals surface area contributed by atoms with E-state index >= 15 is 0 Å². The number of hydrogen-bond donors (Lipinski definition) is 2. The topological polar surface area (TPSA) is 94.2 Å². The molecule has 0 aliphatic carbocycles. The van der Waals surface area contributed by atoms with Crippen LogP contribution in [0.4, 0.5) is 0 Å². The van der Waals surface area contributed by atoms with Gasteiger partial charge < -0.3 is 4.57 Å². The minimum atomic E-state index is -4.17. The summed E-state index contributed by atoms with van der Waals surface area (Å²) in [5.41, 5.74) is 2.02. The van der Waals surface area contributed by atoms with Crippen LogP contribution in [-0.2, 0) is 10.2 Å². The molecule has 0 aliphatic rings. The zero-order chi connectivity index (χ0) is 18.6. The first-order valence-corrected chi connectivity index (χ1v) is 9.17. The van der Waals surface area contributed by atoms with Gasteiger partial charge in [-0.15, -0.1) is 0 Å². The van der Waals surface area contributed by atoms with Crippen LogP contribution in [0.25, 0.3) is 5.69 Å². The van der Waals surface area contributed by atoms with Crippen molar-refractivity contribution < 1.29 is 13.2 Å². The second-order valence-corrected chi connectivity index (χ2v) is 6.68. The van der Waals surface area contributed by atoms with Gasteiger partial charge in [0.1, 0.15) is 0 Å². The van der Waals surface area contributed by atoms with Gasteiger partial charge in [-0.05, 0) is 36.4 Å². The van der Waals surface area contributed by atoms with Gasteiger partial charge >= 0.3 is 0 Å². The third-order valence-corrected chi connectivity index (χ3v) is 3.96. The number of para-hydroxylation sites is 1. The third kappa shape index (κ3) is 4.19. The van der Waals surface area contributed by atoms with E-state index in [9.17, 15) is 13.2 Å². The van der Waals surface area contributed by atoms with Crippen molar-refractivity contribution in [3.05, 3.63) is 89.7 Å². The SMILES string of the molecule is NS(=O)(=O)NC(=O)c1cccc(C#Cc2ccccc2)c1-n1cccc1. The van der Waals surface area contributed by atoms with E-state index in [0.29, 0.717) is 11.3 Å². The summed E-state index contributed by atoms with van der Waals surface area (Å²) < 4.78 is 25.9. The van der Waals surface area contributed by atoms with Crippen LogP contribution in [0.5, 0.6) is 0 Å². The van der Waals surface area contributed by atoms with Crippen molar-refractivity contribution in [1.82, 2.24) is 9.29 Å². The van der Waals surface area contributed by atoms with Gasteiger partial charge in [-0.25, -0.2) is 9.86 Å².